The summed E-state index contributed by atoms with van der Waals surface area (Å²) in [7, 11) is 0. The normalized spacial score (nSPS) is 16.7. The molecule has 0 fully saturated rings. The molecule has 1 atom stereocenters. The van der Waals surface area contributed by atoms with Crippen LogP contribution >= 0.6 is 0 Å². The van der Waals surface area contributed by atoms with Crippen LogP contribution < -0.4 is 10.1 Å². The number of carbonyl (C=O) groups excluding carboxylic acids is 1. The van der Waals surface area contributed by atoms with Crippen LogP contribution in [0.3, 0.4) is 0 Å². The molecule has 1 amide bonds. The fourth-order valence-electron chi connectivity index (χ4n) is 2.54. The number of carbonyl (C=O) groups is 1. The molecule has 3 nitrogen and oxygen atoms in total. The molecule has 0 aliphatic carbocycles. The minimum Gasteiger partial charge on any atom is -0.492 e. The third-order valence-electron chi connectivity index (χ3n) is 3.84. The lowest BCUT2D eigenvalue weighted by molar-refractivity contribution is -0.126. The van der Waals surface area contributed by atoms with E-state index >= 15 is 0 Å². The number of nitrogens with one attached hydrogen (secondary N) is 1. The minimum atomic E-state index is -0.106. The van der Waals surface area contributed by atoms with E-state index in [9.17, 15) is 4.79 Å². The average molecular weight is 281 g/mol. The summed E-state index contributed by atoms with van der Waals surface area (Å²) in [5.41, 5.74) is 3.45. The van der Waals surface area contributed by atoms with E-state index in [4.69, 9.17) is 4.74 Å². The molecule has 0 saturated heterocycles. The van der Waals surface area contributed by atoms with Crippen molar-refractivity contribution < 1.29 is 9.53 Å². The molecular weight excluding hydrogens is 262 g/mol. The van der Waals surface area contributed by atoms with Crippen LogP contribution in [-0.2, 0) is 17.8 Å². The van der Waals surface area contributed by atoms with Crippen LogP contribution in [0.2, 0.25) is 0 Å². The van der Waals surface area contributed by atoms with Crippen molar-refractivity contribution in [2.75, 3.05) is 6.61 Å². The first kappa shape index (κ1) is 13.7. The predicted molar refractivity (Wildman–Crippen MR) is 82.2 cm³/mol. The number of hydrogen-bond acceptors (Lipinski definition) is 2. The highest BCUT2D eigenvalue weighted by molar-refractivity contribution is 5.79. The third kappa shape index (κ3) is 3.24. The monoisotopic (exact) mass is 281 g/mol. The van der Waals surface area contributed by atoms with Crippen molar-refractivity contribution in [3.8, 4) is 5.75 Å². The van der Waals surface area contributed by atoms with Crippen LogP contribution in [-0.4, -0.2) is 12.5 Å². The average Bonchev–Trinajstić information content (AvgIpc) is 2.53. The largest absolute Gasteiger partial charge is 0.492 e. The summed E-state index contributed by atoms with van der Waals surface area (Å²) in [4.78, 5) is 12.3. The predicted octanol–water partition coefficient (Wildman–Crippen LogP) is 2.86. The number of amides is 1. The van der Waals surface area contributed by atoms with Crippen LogP contribution in [0.1, 0.15) is 16.7 Å². The van der Waals surface area contributed by atoms with Gasteiger partial charge >= 0.3 is 0 Å². The Hall–Kier alpha value is -2.29. The van der Waals surface area contributed by atoms with Gasteiger partial charge in [-0.05, 0) is 30.5 Å². The lowest BCUT2D eigenvalue weighted by Gasteiger charge is -2.24. The fraction of sp³-hybridized carbons (Fsp3) is 0.278. The van der Waals surface area contributed by atoms with Crippen molar-refractivity contribution >= 4 is 5.91 Å². The molecule has 1 heterocycles. The van der Waals surface area contributed by atoms with Gasteiger partial charge in [-0.1, -0.05) is 48.0 Å². The van der Waals surface area contributed by atoms with Gasteiger partial charge in [0.2, 0.25) is 5.91 Å². The molecule has 0 bridgehead atoms. The molecule has 0 saturated carbocycles. The van der Waals surface area contributed by atoms with E-state index < -0.39 is 0 Å². The summed E-state index contributed by atoms with van der Waals surface area (Å²) in [5, 5.41) is 3.00. The molecule has 2 aromatic carbocycles. The summed E-state index contributed by atoms with van der Waals surface area (Å²) in [5.74, 6) is 0.857. The van der Waals surface area contributed by atoms with E-state index in [1.54, 1.807) is 0 Å². The van der Waals surface area contributed by atoms with E-state index in [1.165, 1.54) is 5.56 Å². The Morgan fingerprint density at radius 1 is 1.19 bits per heavy atom. The summed E-state index contributed by atoms with van der Waals surface area (Å²) >= 11 is 0. The topological polar surface area (TPSA) is 38.3 Å². The van der Waals surface area contributed by atoms with Gasteiger partial charge in [0.1, 0.15) is 12.4 Å². The van der Waals surface area contributed by atoms with Gasteiger partial charge in [-0.15, -0.1) is 0 Å². The summed E-state index contributed by atoms with van der Waals surface area (Å²) in [6.07, 6.45) is 0.746. The van der Waals surface area contributed by atoms with Crippen LogP contribution in [0.4, 0.5) is 0 Å². The molecule has 1 aliphatic rings. The van der Waals surface area contributed by atoms with E-state index in [2.05, 4.69) is 24.4 Å². The zero-order valence-electron chi connectivity index (χ0n) is 12.1. The Morgan fingerprint density at radius 3 is 2.76 bits per heavy atom. The van der Waals surface area contributed by atoms with Crippen molar-refractivity contribution in [2.45, 2.75) is 19.9 Å². The second-order valence-electron chi connectivity index (χ2n) is 5.52. The molecule has 2 aromatic rings. The van der Waals surface area contributed by atoms with E-state index in [0.717, 1.165) is 23.3 Å². The van der Waals surface area contributed by atoms with Gasteiger partial charge < -0.3 is 10.1 Å². The maximum atomic E-state index is 12.3. The number of para-hydroxylation sites is 1. The second kappa shape index (κ2) is 6.00. The maximum absolute atomic E-state index is 12.3. The number of rotatable bonds is 3. The van der Waals surface area contributed by atoms with Crippen LogP contribution in [0, 0.1) is 12.8 Å². The molecule has 0 aromatic heterocycles. The molecule has 0 spiro atoms. The van der Waals surface area contributed by atoms with E-state index in [-0.39, 0.29) is 11.8 Å². The third-order valence-corrected chi connectivity index (χ3v) is 3.84. The van der Waals surface area contributed by atoms with Gasteiger partial charge in [0, 0.05) is 6.54 Å². The maximum Gasteiger partial charge on any atom is 0.227 e. The molecule has 1 N–H and O–H groups in total. The van der Waals surface area contributed by atoms with Gasteiger partial charge in [0.25, 0.3) is 0 Å². The number of fused-ring (bicyclic) bond motifs is 1. The second-order valence-corrected chi connectivity index (χ2v) is 5.52. The van der Waals surface area contributed by atoms with Gasteiger partial charge in [0.05, 0.1) is 5.92 Å². The molecule has 0 radical (unpaired) electrons. The number of aryl methyl sites for hydroxylation is 1. The first-order valence-electron chi connectivity index (χ1n) is 7.26. The van der Waals surface area contributed by atoms with Gasteiger partial charge in [-0.2, -0.15) is 0 Å². The SMILES string of the molecule is Cc1ccc(CNC(=O)[C@H]2COc3ccccc3C2)cc1. The molecule has 0 unspecified atom stereocenters. The highest BCUT2D eigenvalue weighted by Crippen LogP contribution is 2.26. The Morgan fingerprint density at radius 2 is 1.95 bits per heavy atom. The standard InChI is InChI=1S/C18H19NO2/c1-13-6-8-14(9-7-13)11-19-18(20)16-10-15-4-2-3-5-17(15)21-12-16/h2-9,16H,10-12H2,1H3,(H,19,20)/t16-/m1/s1. The molecule has 21 heavy (non-hydrogen) atoms. The quantitative estimate of drug-likeness (QED) is 0.939. The summed E-state index contributed by atoms with van der Waals surface area (Å²) < 4.78 is 5.66. The molecule has 1 aliphatic heterocycles. The van der Waals surface area contributed by atoms with Crippen molar-refractivity contribution in [1.29, 1.82) is 0 Å². The first-order valence-corrected chi connectivity index (χ1v) is 7.26. The summed E-state index contributed by atoms with van der Waals surface area (Å²) in [6, 6.07) is 16.1. The van der Waals surface area contributed by atoms with E-state index in [0.29, 0.717) is 13.2 Å². The van der Waals surface area contributed by atoms with Crippen molar-refractivity contribution in [1.82, 2.24) is 5.32 Å². The lowest BCUT2D eigenvalue weighted by Crippen LogP contribution is -2.37. The van der Waals surface area contributed by atoms with Crippen LogP contribution in [0.25, 0.3) is 0 Å². The molecule has 3 rings (SSSR count). The van der Waals surface area contributed by atoms with Crippen LogP contribution in [0.5, 0.6) is 5.75 Å². The van der Waals surface area contributed by atoms with Gasteiger partial charge in [-0.25, -0.2) is 0 Å². The smallest absolute Gasteiger partial charge is 0.227 e. The number of ether oxygens (including phenoxy) is 1. The van der Waals surface area contributed by atoms with Crippen molar-refractivity contribution in [3.05, 3.63) is 65.2 Å². The zero-order chi connectivity index (χ0) is 14.7. The Kier molecular flexibility index (Phi) is 3.91. The number of benzene rings is 2. The lowest BCUT2D eigenvalue weighted by atomic mass is 9.96. The Bertz CT molecular complexity index is 634. The highest BCUT2D eigenvalue weighted by Gasteiger charge is 2.25. The molecular formula is C18H19NO2. The number of hydrogen-bond donors (Lipinski definition) is 1. The van der Waals surface area contributed by atoms with Crippen LogP contribution in [0.15, 0.2) is 48.5 Å². The highest BCUT2D eigenvalue weighted by atomic mass is 16.5. The minimum absolute atomic E-state index is 0.0603. The fourth-order valence-corrected chi connectivity index (χ4v) is 2.54. The van der Waals surface area contributed by atoms with Crippen molar-refractivity contribution in [3.63, 3.8) is 0 Å². The molecule has 3 heteroatoms. The van der Waals surface area contributed by atoms with E-state index in [1.807, 2.05) is 36.4 Å². The summed E-state index contributed by atoms with van der Waals surface area (Å²) in [6.45, 7) is 3.08. The van der Waals surface area contributed by atoms with Gasteiger partial charge in [-0.3, -0.25) is 4.79 Å². The van der Waals surface area contributed by atoms with Crippen molar-refractivity contribution in [2.24, 2.45) is 5.92 Å². The first-order chi connectivity index (χ1) is 10.2. The van der Waals surface area contributed by atoms with Gasteiger partial charge in [0.15, 0.2) is 0 Å². The Balaban J connectivity index is 1.58. The molecule has 108 valence electrons. The Labute approximate surface area is 124 Å². The zero-order valence-corrected chi connectivity index (χ0v) is 12.1.